The first-order chi connectivity index (χ1) is 12.8. The Bertz CT molecular complexity index is 1020. The second-order valence-electron chi connectivity index (χ2n) is 6.00. The molecule has 0 saturated heterocycles. The van der Waals surface area contributed by atoms with Crippen LogP contribution in [0.2, 0.25) is 0 Å². The van der Waals surface area contributed by atoms with Crippen LogP contribution in [0.3, 0.4) is 0 Å². The van der Waals surface area contributed by atoms with Gasteiger partial charge in [-0.1, -0.05) is 30.3 Å². The van der Waals surface area contributed by atoms with Crippen molar-refractivity contribution in [3.63, 3.8) is 0 Å². The molecule has 0 spiro atoms. The third-order valence-electron chi connectivity index (χ3n) is 4.16. The maximum absolute atomic E-state index is 12.6. The van der Waals surface area contributed by atoms with Crippen LogP contribution >= 0.6 is 23.1 Å². The van der Waals surface area contributed by atoms with Crippen molar-refractivity contribution in [2.45, 2.75) is 17.1 Å². The minimum Gasteiger partial charge on any atom is -0.361 e. The van der Waals surface area contributed by atoms with E-state index < -0.39 is 0 Å². The third kappa shape index (κ3) is 3.84. The van der Waals surface area contributed by atoms with Crippen LogP contribution in [0, 0.1) is 0 Å². The summed E-state index contributed by atoms with van der Waals surface area (Å²) >= 11 is 3.45. The number of aromatic nitrogens is 1. The Labute approximate surface area is 160 Å². The van der Waals surface area contributed by atoms with Gasteiger partial charge in [-0.05, 0) is 46.2 Å². The molecule has 0 atom stereocenters. The Kier molecular flexibility index (Phi) is 5.09. The number of anilines is 1. The minimum atomic E-state index is -0.00154. The summed E-state index contributed by atoms with van der Waals surface area (Å²) in [6.45, 7) is 0. The summed E-state index contributed by atoms with van der Waals surface area (Å²) in [5, 5.41) is 8.42. The Morgan fingerprint density at radius 1 is 1.08 bits per heavy atom. The summed E-state index contributed by atoms with van der Waals surface area (Å²) in [6.07, 6.45) is 2.27. The number of amides is 1. The fraction of sp³-hybridized carbons (Fsp3) is 0.0952. The van der Waals surface area contributed by atoms with E-state index in [2.05, 4.69) is 33.2 Å². The highest BCUT2D eigenvalue weighted by molar-refractivity contribution is 7.98. The number of carbonyl (C=O) groups is 1. The van der Waals surface area contributed by atoms with Crippen molar-refractivity contribution >= 4 is 45.6 Å². The number of H-pyrrole nitrogens is 1. The van der Waals surface area contributed by atoms with Crippen LogP contribution in [-0.2, 0) is 17.0 Å². The fourth-order valence-electron chi connectivity index (χ4n) is 2.88. The van der Waals surface area contributed by atoms with Crippen molar-refractivity contribution in [1.82, 2.24) is 4.98 Å². The van der Waals surface area contributed by atoms with Gasteiger partial charge in [0.1, 0.15) is 0 Å². The molecule has 4 aromatic rings. The number of fused-ring (bicyclic) bond motifs is 1. The smallest absolute Gasteiger partial charge is 0.228 e. The SMILES string of the molecule is O=C(Cc1c[nH]c2ccccc12)Nc1ccccc1SCc1ccsc1. The lowest BCUT2D eigenvalue weighted by atomic mass is 10.1. The van der Waals surface area contributed by atoms with Gasteiger partial charge in [0.05, 0.1) is 12.1 Å². The Morgan fingerprint density at radius 2 is 1.92 bits per heavy atom. The molecule has 5 heteroatoms. The number of nitrogens with one attached hydrogen (secondary N) is 2. The lowest BCUT2D eigenvalue weighted by Crippen LogP contribution is -2.14. The van der Waals surface area contributed by atoms with Gasteiger partial charge in [-0.3, -0.25) is 4.79 Å². The average Bonchev–Trinajstić information content (AvgIpc) is 3.31. The number of aromatic amines is 1. The first kappa shape index (κ1) is 16.9. The number of thiophene rings is 1. The highest BCUT2D eigenvalue weighted by Gasteiger charge is 2.11. The number of rotatable bonds is 6. The summed E-state index contributed by atoms with van der Waals surface area (Å²) in [6, 6.07) is 18.2. The fourth-order valence-corrected chi connectivity index (χ4v) is 4.60. The lowest BCUT2D eigenvalue weighted by molar-refractivity contribution is -0.115. The molecule has 2 heterocycles. The zero-order chi connectivity index (χ0) is 17.8. The zero-order valence-corrected chi connectivity index (χ0v) is 15.7. The molecule has 0 aliphatic carbocycles. The Balaban J connectivity index is 1.45. The van der Waals surface area contributed by atoms with Gasteiger partial charge < -0.3 is 10.3 Å². The molecule has 130 valence electrons. The number of para-hydroxylation sites is 2. The van der Waals surface area contributed by atoms with Crippen LogP contribution in [0.15, 0.2) is 76.4 Å². The van der Waals surface area contributed by atoms with E-state index in [4.69, 9.17) is 0 Å². The molecule has 3 nitrogen and oxygen atoms in total. The second kappa shape index (κ2) is 7.81. The topological polar surface area (TPSA) is 44.9 Å². The summed E-state index contributed by atoms with van der Waals surface area (Å²) in [5.74, 6) is 0.900. The van der Waals surface area contributed by atoms with Crippen molar-refractivity contribution in [3.05, 3.63) is 82.7 Å². The van der Waals surface area contributed by atoms with Crippen LogP contribution in [-0.4, -0.2) is 10.9 Å². The van der Waals surface area contributed by atoms with Gasteiger partial charge >= 0.3 is 0 Å². The number of hydrogen-bond donors (Lipinski definition) is 2. The monoisotopic (exact) mass is 378 g/mol. The predicted molar refractivity (Wildman–Crippen MR) is 111 cm³/mol. The summed E-state index contributed by atoms with van der Waals surface area (Å²) < 4.78 is 0. The standard InChI is InChI=1S/C21H18N2OS2/c24-21(11-16-12-22-18-6-2-1-5-17(16)18)23-19-7-3-4-8-20(19)26-14-15-9-10-25-13-15/h1-10,12-13,22H,11,14H2,(H,23,24). The van der Waals surface area contributed by atoms with E-state index in [0.717, 1.165) is 32.8 Å². The normalized spacial score (nSPS) is 10.9. The van der Waals surface area contributed by atoms with Gasteiger partial charge in [-0.25, -0.2) is 0 Å². The van der Waals surface area contributed by atoms with Gasteiger partial charge in [-0.2, -0.15) is 11.3 Å². The van der Waals surface area contributed by atoms with Gasteiger partial charge in [0.2, 0.25) is 5.91 Å². The quantitative estimate of drug-likeness (QED) is 0.423. The molecule has 4 rings (SSSR count). The van der Waals surface area contributed by atoms with Crippen molar-refractivity contribution < 1.29 is 4.79 Å². The highest BCUT2D eigenvalue weighted by Crippen LogP contribution is 2.30. The van der Waals surface area contributed by atoms with Crippen LogP contribution in [0.4, 0.5) is 5.69 Å². The van der Waals surface area contributed by atoms with E-state index in [1.54, 1.807) is 23.1 Å². The first-order valence-electron chi connectivity index (χ1n) is 8.37. The van der Waals surface area contributed by atoms with E-state index in [9.17, 15) is 4.79 Å². The van der Waals surface area contributed by atoms with Crippen molar-refractivity contribution in [2.75, 3.05) is 5.32 Å². The molecule has 0 saturated carbocycles. The molecule has 0 aliphatic rings. The Morgan fingerprint density at radius 3 is 2.81 bits per heavy atom. The summed E-state index contributed by atoms with van der Waals surface area (Å²) in [7, 11) is 0. The molecule has 0 bridgehead atoms. The molecular formula is C21H18N2OS2. The van der Waals surface area contributed by atoms with Crippen LogP contribution < -0.4 is 5.32 Å². The molecule has 26 heavy (non-hydrogen) atoms. The van der Waals surface area contributed by atoms with E-state index in [0.29, 0.717) is 6.42 Å². The molecule has 2 N–H and O–H groups in total. The molecule has 0 fully saturated rings. The lowest BCUT2D eigenvalue weighted by Gasteiger charge is -2.10. The number of thioether (sulfide) groups is 1. The van der Waals surface area contributed by atoms with E-state index in [1.807, 2.05) is 48.7 Å². The van der Waals surface area contributed by atoms with Crippen molar-refractivity contribution in [1.29, 1.82) is 0 Å². The molecule has 2 aromatic heterocycles. The molecule has 1 amide bonds. The van der Waals surface area contributed by atoms with Gasteiger partial charge in [0.15, 0.2) is 0 Å². The minimum absolute atomic E-state index is 0.00154. The molecule has 0 radical (unpaired) electrons. The summed E-state index contributed by atoms with van der Waals surface area (Å²) in [4.78, 5) is 16.9. The zero-order valence-electron chi connectivity index (χ0n) is 14.1. The molecule has 2 aromatic carbocycles. The van der Waals surface area contributed by atoms with Crippen LogP contribution in [0.5, 0.6) is 0 Å². The van der Waals surface area contributed by atoms with Crippen LogP contribution in [0.25, 0.3) is 10.9 Å². The van der Waals surface area contributed by atoms with E-state index in [-0.39, 0.29) is 5.91 Å². The van der Waals surface area contributed by atoms with Crippen molar-refractivity contribution in [2.24, 2.45) is 0 Å². The second-order valence-corrected chi connectivity index (χ2v) is 7.80. The van der Waals surface area contributed by atoms with Crippen molar-refractivity contribution in [3.8, 4) is 0 Å². The predicted octanol–water partition coefficient (Wildman–Crippen LogP) is 5.70. The largest absolute Gasteiger partial charge is 0.361 e. The Hall–Kier alpha value is -2.50. The van der Waals surface area contributed by atoms with E-state index in [1.165, 1.54) is 5.56 Å². The number of carbonyl (C=O) groups excluding carboxylic acids is 1. The van der Waals surface area contributed by atoms with Crippen LogP contribution in [0.1, 0.15) is 11.1 Å². The molecular weight excluding hydrogens is 360 g/mol. The summed E-state index contributed by atoms with van der Waals surface area (Å²) in [5.41, 5.74) is 4.25. The first-order valence-corrected chi connectivity index (χ1v) is 10.3. The molecule has 0 aliphatic heterocycles. The van der Waals surface area contributed by atoms with Gasteiger partial charge in [-0.15, -0.1) is 11.8 Å². The van der Waals surface area contributed by atoms with Gasteiger partial charge in [0.25, 0.3) is 0 Å². The average molecular weight is 379 g/mol. The number of hydrogen-bond acceptors (Lipinski definition) is 3. The van der Waals surface area contributed by atoms with E-state index >= 15 is 0 Å². The highest BCUT2D eigenvalue weighted by atomic mass is 32.2. The third-order valence-corrected chi connectivity index (χ3v) is 6.04. The maximum Gasteiger partial charge on any atom is 0.228 e. The number of benzene rings is 2. The maximum atomic E-state index is 12.6. The molecule has 0 unspecified atom stereocenters. The van der Waals surface area contributed by atoms with Gasteiger partial charge in [0, 0.05) is 27.7 Å².